The summed E-state index contributed by atoms with van der Waals surface area (Å²) in [6.07, 6.45) is 0.983. The van der Waals surface area contributed by atoms with Gasteiger partial charge in [-0.25, -0.2) is 0 Å². The summed E-state index contributed by atoms with van der Waals surface area (Å²) in [5.41, 5.74) is 3.81. The maximum atomic E-state index is 5.22. The van der Waals surface area contributed by atoms with Crippen LogP contribution in [0.1, 0.15) is 31.9 Å². The van der Waals surface area contributed by atoms with E-state index in [0.717, 1.165) is 11.5 Å². The lowest BCUT2D eigenvalue weighted by atomic mass is 9.96. The number of nitrogens with one attached hydrogen (secondary N) is 2. The van der Waals surface area contributed by atoms with Gasteiger partial charge in [0.15, 0.2) is 5.11 Å². The van der Waals surface area contributed by atoms with Crippen LogP contribution in [0.3, 0.4) is 0 Å². The van der Waals surface area contributed by atoms with E-state index < -0.39 is 0 Å². The maximum Gasteiger partial charge on any atom is 0.171 e. The van der Waals surface area contributed by atoms with Crippen molar-refractivity contribution in [2.75, 3.05) is 0 Å². The molecule has 0 saturated carbocycles. The van der Waals surface area contributed by atoms with Gasteiger partial charge < -0.3 is 10.6 Å². The SMILES string of the molecule is CCC1=C(C)[C@H](c2ccccc2)NC(=S)N1. The summed E-state index contributed by atoms with van der Waals surface area (Å²) < 4.78 is 0. The number of hydrogen-bond acceptors (Lipinski definition) is 1. The molecule has 0 saturated heterocycles. The van der Waals surface area contributed by atoms with Crippen molar-refractivity contribution in [3.05, 3.63) is 47.2 Å². The van der Waals surface area contributed by atoms with Gasteiger partial charge in [-0.3, -0.25) is 0 Å². The molecule has 1 atom stereocenters. The smallest absolute Gasteiger partial charge is 0.171 e. The first-order chi connectivity index (χ1) is 7.72. The first-order valence-electron chi connectivity index (χ1n) is 5.54. The predicted octanol–water partition coefficient (Wildman–Crippen LogP) is 2.89. The summed E-state index contributed by atoms with van der Waals surface area (Å²) in [5.74, 6) is 0. The molecule has 0 aliphatic carbocycles. The Kier molecular flexibility index (Phi) is 3.25. The van der Waals surface area contributed by atoms with Gasteiger partial charge in [-0.05, 0) is 36.7 Å². The Labute approximate surface area is 102 Å². The van der Waals surface area contributed by atoms with Crippen molar-refractivity contribution < 1.29 is 0 Å². The van der Waals surface area contributed by atoms with E-state index in [2.05, 4.69) is 48.7 Å². The molecule has 2 rings (SSSR count). The van der Waals surface area contributed by atoms with Gasteiger partial charge in [0.2, 0.25) is 0 Å². The third-order valence-corrected chi connectivity index (χ3v) is 3.16. The molecule has 0 fully saturated rings. The van der Waals surface area contributed by atoms with Crippen molar-refractivity contribution in [3.63, 3.8) is 0 Å². The largest absolute Gasteiger partial charge is 0.352 e. The standard InChI is InChI=1S/C13H16N2S/c1-3-11-9(2)12(15-13(16)14-11)10-7-5-4-6-8-10/h4-8,12H,3H2,1-2H3,(H2,14,15,16)/t12-/m1/s1. The second-order valence-electron chi connectivity index (χ2n) is 3.96. The minimum absolute atomic E-state index is 0.213. The Balaban J connectivity index is 2.37. The van der Waals surface area contributed by atoms with E-state index in [4.69, 9.17) is 12.2 Å². The monoisotopic (exact) mass is 232 g/mol. The molecular formula is C13H16N2S. The zero-order valence-electron chi connectivity index (χ0n) is 9.58. The van der Waals surface area contributed by atoms with Crippen molar-refractivity contribution in [2.24, 2.45) is 0 Å². The molecule has 0 bridgehead atoms. The molecule has 0 aromatic heterocycles. The van der Waals surface area contributed by atoms with Gasteiger partial charge in [0.05, 0.1) is 6.04 Å². The normalized spacial score (nSPS) is 20.4. The molecule has 84 valence electrons. The topological polar surface area (TPSA) is 24.1 Å². The van der Waals surface area contributed by atoms with Crippen LogP contribution in [0.25, 0.3) is 0 Å². The van der Waals surface area contributed by atoms with E-state index in [1.54, 1.807) is 0 Å². The Bertz CT molecular complexity index is 423. The third kappa shape index (κ3) is 2.09. The van der Waals surface area contributed by atoms with E-state index in [0.29, 0.717) is 0 Å². The lowest BCUT2D eigenvalue weighted by Crippen LogP contribution is -2.43. The van der Waals surface area contributed by atoms with E-state index >= 15 is 0 Å². The number of benzene rings is 1. The Morgan fingerprint density at radius 2 is 1.94 bits per heavy atom. The lowest BCUT2D eigenvalue weighted by Gasteiger charge is -2.30. The van der Waals surface area contributed by atoms with Gasteiger partial charge in [0.25, 0.3) is 0 Å². The van der Waals surface area contributed by atoms with E-state index in [9.17, 15) is 0 Å². The summed E-state index contributed by atoms with van der Waals surface area (Å²) >= 11 is 5.22. The average Bonchev–Trinajstić information content (AvgIpc) is 2.33. The Morgan fingerprint density at radius 3 is 2.56 bits per heavy atom. The van der Waals surface area contributed by atoms with Crippen molar-refractivity contribution in [1.82, 2.24) is 10.6 Å². The van der Waals surface area contributed by atoms with Crippen molar-refractivity contribution in [2.45, 2.75) is 26.3 Å². The summed E-state index contributed by atoms with van der Waals surface area (Å²) in [4.78, 5) is 0. The van der Waals surface area contributed by atoms with Crippen LogP contribution in [0.2, 0.25) is 0 Å². The molecule has 2 N–H and O–H groups in total. The average molecular weight is 232 g/mol. The molecule has 1 aliphatic heterocycles. The molecular weight excluding hydrogens is 216 g/mol. The lowest BCUT2D eigenvalue weighted by molar-refractivity contribution is 0.677. The first-order valence-corrected chi connectivity index (χ1v) is 5.95. The van der Waals surface area contributed by atoms with E-state index in [1.807, 2.05) is 6.07 Å². The minimum atomic E-state index is 0.213. The maximum absolute atomic E-state index is 5.22. The molecule has 1 aromatic carbocycles. The molecule has 2 nitrogen and oxygen atoms in total. The van der Waals surface area contributed by atoms with Gasteiger partial charge in [-0.15, -0.1) is 0 Å². The summed E-state index contributed by atoms with van der Waals surface area (Å²) in [6, 6.07) is 10.6. The van der Waals surface area contributed by atoms with Gasteiger partial charge in [-0.2, -0.15) is 0 Å². The van der Waals surface area contributed by atoms with Crippen molar-refractivity contribution in [3.8, 4) is 0 Å². The van der Waals surface area contributed by atoms with Crippen LogP contribution in [0.4, 0.5) is 0 Å². The highest BCUT2D eigenvalue weighted by Gasteiger charge is 2.21. The van der Waals surface area contributed by atoms with E-state index in [-0.39, 0.29) is 6.04 Å². The minimum Gasteiger partial charge on any atom is -0.352 e. The first kappa shape index (κ1) is 11.1. The molecule has 0 amide bonds. The number of thiocarbonyl (C=S) groups is 1. The Morgan fingerprint density at radius 1 is 1.25 bits per heavy atom. The van der Waals surface area contributed by atoms with E-state index in [1.165, 1.54) is 16.8 Å². The fraction of sp³-hybridized carbons (Fsp3) is 0.308. The Hall–Kier alpha value is -1.35. The highest BCUT2D eigenvalue weighted by molar-refractivity contribution is 7.80. The highest BCUT2D eigenvalue weighted by Crippen LogP contribution is 2.26. The van der Waals surface area contributed by atoms with Crippen LogP contribution >= 0.6 is 12.2 Å². The van der Waals surface area contributed by atoms with Crippen LogP contribution in [-0.2, 0) is 0 Å². The molecule has 0 radical (unpaired) electrons. The third-order valence-electron chi connectivity index (χ3n) is 2.94. The van der Waals surface area contributed by atoms with Crippen LogP contribution in [0.15, 0.2) is 41.6 Å². The molecule has 3 heteroatoms. The zero-order valence-corrected chi connectivity index (χ0v) is 10.4. The van der Waals surface area contributed by atoms with Gasteiger partial charge in [0, 0.05) is 5.70 Å². The number of hydrogen-bond donors (Lipinski definition) is 2. The molecule has 0 spiro atoms. The molecule has 1 heterocycles. The molecule has 1 aliphatic rings. The number of allylic oxidation sites excluding steroid dienone is 1. The molecule has 16 heavy (non-hydrogen) atoms. The van der Waals surface area contributed by atoms with Crippen LogP contribution in [0.5, 0.6) is 0 Å². The molecule has 0 unspecified atom stereocenters. The van der Waals surface area contributed by atoms with Crippen LogP contribution < -0.4 is 10.6 Å². The van der Waals surface area contributed by atoms with Crippen LogP contribution in [0, 0.1) is 0 Å². The van der Waals surface area contributed by atoms with Crippen molar-refractivity contribution >= 4 is 17.3 Å². The summed E-state index contributed by atoms with van der Waals surface area (Å²) in [6.45, 7) is 4.29. The predicted molar refractivity (Wildman–Crippen MR) is 71.0 cm³/mol. The zero-order chi connectivity index (χ0) is 11.5. The quantitative estimate of drug-likeness (QED) is 0.767. The van der Waals surface area contributed by atoms with Gasteiger partial charge in [0.1, 0.15) is 0 Å². The molecule has 1 aromatic rings. The van der Waals surface area contributed by atoms with Crippen molar-refractivity contribution in [1.29, 1.82) is 0 Å². The van der Waals surface area contributed by atoms with Gasteiger partial charge in [-0.1, -0.05) is 37.3 Å². The highest BCUT2D eigenvalue weighted by atomic mass is 32.1. The fourth-order valence-electron chi connectivity index (χ4n) is 2.03. The number of rotatable bonds is 2. The van der Waals surface area contributed by atoms with Gasteiger partial charge >= 0.3 is 0 Å². The summed E-state index contributed by atoms with van der Waals surface area (Å²) in [5, 5.41) is 7.24. The summed E-state index contributed by atoms with van der Waals surface area (Å²) in [7, 11) is 0. The second kappa shape index (κ2) is 4.66. The fourth-order valence-corrected chi connectivity index (χ4v) is 2.27. The second-order valence-corrected chi connectivity index (χ2v) is 4.37. The van der Waals surface area contributed by atoms with Crippen LogP contribution in [-0.4, -0.2) is 5.11 Å².